The lowest BCUT2D eigenvalue weighted by molar-refractivity contribution is 0.414. The van der Waals surface area contributed by atoms with Gasteiger partial charge in [0.1, 0.15) is 10.9 Å². The molecule has 0 aliphatic carbocycles. The second kappa shape index (κ2) is 5.46. The topological polar surface area (TPSA) is 52.8 Å². The Morgan fingerprint density at radius 3 is 2.79 bits per heavy atom. The molecule has 0 fully saturated rings. The Bertz CT molecular complexity index is 1090. The van der Waals surface area contributed by atoms with Crippen LogP contribution in [0.2, 0.25) is 5.15 Å². The number of aromatic nitrogens is 4. The highest BCUT2D eigenvalue weighted by Gasteiger charge is 2.16. The highest BCUT2D eigenvalue weighted by atomic mass is 35.5. The van der Waals surface area contributed by atoms with Crippen molar-refractivity contribution in [1.82, 2.24) is 19.7 Å². The quantitative estimate of drug-likeness (QED) is 0.515. The number of nitrogens with zero attached hydrogens (tertiary/aromatic N) is 4. The highest BCUT2D eigenvalue weighted by Crippen LogP contribution is 2.37. The van der Waals surface area contributed by atoms with Gasteiger partial charge in [0.25, 0.3) is 0 Å². The van der Waals surface area contributed by atoms with Crippen LogP contribution in [0.4, 0.5) is 0 Å². The Morgan fingerprint density at radius 2 is 2.00 bits per heavy atom. The van der Waals surface area contributed by atoms with Crippen molar-refractivity contribution in [1.29, 1.82) is 0 Å². The molecule has 0 saturated heterocycles. The van der Waals surface area contributed by atoms with Crippen molar-refractivity contribution in [3.8, 4) is 17.0 Å². The van der Waals surface area contributed by atoms with Crippen LogP contribution in [0.3, 0.4) is 0 Å². The summed E-state index contributed by atoms with van der Waals surface area (Å²) in [6.45, 7) is 2.01. The molecule has 6 heteroatoms. The van der Waals surface area contributed by atoms with Gasteiger partial charge < -0.3 is 4.74 Å². The molecule has 0 atom stereocenters. The van der Waals surface area contributed by atoms with Crippen molar-refractivity contribution < 1.29 is 4.74 Å². The number of halogens is 1. The van der Waals surface area contributed by atoms with E-state index in [9.17, 15) is 0 Å². The molecule has 0 amide bonds. The maximum absolute atomic E-state index is 5.94. The van der Waals surface area contributed by atoms with Gasteiger partial charge in [0.05, 0.1) is 30.0 Å². The summed E-state index contributed by atoms with van der Waals surface area (Å²) < 4.78 is 7.46. The number of hydrogen-bond donors (Lipinski definition) is 0. The Balaban J connectivity index is 1.99. The Kier molecular flexibility index (Phi) is 3.39. The second-order valence-electron chi connectivity index (χ2n) is 5.72. The number of aryl methyl sites for hydroxylation is 2. The van der Waals surface area contributed by atoms with E-state index < -0.39 is 0 Å². The summed E-state index contributed by atoms with van der Waals surface area (Å²) in [5.74, 6) is 0.787. The molecule has 0 N–H and O–H groups in total. The predicted octanol–water partition coefficient (Wildman–Crippen LogP) is 4.15. The molecule has 0 unspecified atom stereocenters. The van der Waals surface area contributed by atoms with E-state index in [0.29, 0.717) is 5.15 Å². The van der Waals surface area contributed by atoms with Gasteiger partial charge in [0, 0.05) is 35.1 Å². The summed E-state index contributed by atoms with van der Waals surface area (Å²) >= 11 is 5.94. The van der Waals surface area contributed by atoms with Crippen LogP contribution in [-0.2, 0) is 7.05 Å². The molecular formula is C18H15ClN4O. The number of hydrogen-bond acceptors (Lipinski definition) is 4. The maximum atomic E-state index is 5.94. The first-order valence-corrected chi connectivity index (χ1v) is 7.88. The number of benzene rings is 1. The second-order valence-corrected chi connectivity index (χ2v) is 6.11. The van der Waals surface area contributed by atoms with Crippen molar-refractivity contribution >= 4 is 33.4 Å². The summed E-state index contributed by atoms with van der Waals surface area (Å²) in [6, 6.07) is 7.78. The zero-order valence-electron chi connectivity index (χ0n) is 13.5. The zero-order chi connectivity index (χ0) is 16.8. The van der Waals surface area contributed by atoms with E-state index in [1.807, 2.05) is 32.3 Å². The first-order valence-electron chi connectivity index (χ1n) is 7.50. The summed E-state index contributed by atoms with van der Waals surface area (Å²) in [6.07, 6.45) is 3.73. The van der Waals surface area contributed by atoms with Gasteiger partial charge in [0.15, 0.2) is 0 Å². The third-order valence-electron chi connectivity index (χ3n) is 4.12. The third kappa shape index (κ3) is 2.29. The van der Waals surface area contributed by atoms with E-state index >= 15 is 0 Å². The summed E-state index contributed by atoms with van der Waals surface area (Å²) in [5.41, 5.74) is 4.48. The van der Waals surface area contributed by atoms with Gasteiger partial charge in [-0.1, -0.05) is 11.6 Å². The van der Waals surface area contributed by atoms with Crippen LogP contribution in [-0.4, -0.2) is 26.9 Å². The SMILES string of the molecule is COc1c(-c2cc3ccc(Cl)nc3cn2)cc2cn(C)nc2c1C. The maximum Gasteiger partial charge on any atom is 0.133 e. The monoisotopic (exact) mass is 338 g/mol. The van der Waals surface area contributed by atoms with Crippen LogP contribution in [0.5, 0.6) is 5.75 Å². The molecule has 3 aromatic heterocycles. The summed E-state index contributed by atoms with van der Waals surface area (Å²) in [7, 11) is 3.58. The van der Waals surface area contributed by atoms with E-state index in [2.05, 4.69) is 21.1 Å². The fourth-order valence-electron chi connectivity index (χ4n) is 3.04. The first-order chi connectivity index (χ1) is 11.6. The van der Waals surface area contributed by atoms with Crippen LogP contribution >= 0.6 is 11.6 Å². The van der Waals surface area contributed by atoms with Crippen molar-refractivity contribution in [2.45, 2.75) is 6.92 Å². The average molecular weight is 339 g/mol. The molecule has 120 valence electrons. The van der Waals surface area contributed by atoms with Crippen molar-refractivity contribution in [3.05, 3.63) is 47.4 Å². The van der Waals surface area contributed by atoms with Gasteiger partial charge in [-0.05, 0) is 31.2 Å². The molecule has 0 aliphatic rings. The minimum Gasteiger partial charge on any atom is -0.496 e. The van der Waals surface area contributed by atoms with Gasteiger partial charge in [0.2, 0.25) is 0 Å². The highest BCUT2D eigenvalue weighted by molar-refractivity contribution is 6.29. The largest absolute Gasteiger partial charge is 0.496 e. The molecular weight excluding hydrogens is 324 g/mol. The number of methoxy groups -OCH3 is 1. The first kappa shape index (κ1) is 14.9. The lowest BCUT2D eigenvalue weighted by Crippen LogP contribution is -1.95. The minimum atomic E-state index is 0.460. The lowest BCUT2D eigenvalue weighted by atomic mass is 10.0. The average Bonchev–Trinajstić information content (AvgIpc) is 2.95. The molecule has 4 aromatic rings. The minimum absolute atomic E-state index is 0.460. The Morgan fingerprint density at radius 1 is 1.17 bits per heavy atom. The molecule has 0 saturated carbocycles. The Hall–Kier alpha value is -2.66. The lowest BCUT2D eigenvalue weighted by Gasteiger charge is -2.12. The smallest absolute Gasteiger partial charge is 0.133 e. The summed E-state index contributed by atoms with van der Waals surface area (Å²) in [4.78, 5) is 8.84. The van der Waals surface area contributed by atoms with Crippen molar-refractivity contribution in [2.24, 2.45) is 7.05 Å². The predicted molar refractivity (Wildman–Crippen MR) is 95.5 cm³/mol. The third-order valence-corrected chi connectivity index (χ3v) is 4.33. The number of fused-ring (bicyclic) bond motifs is 2. The molecule has 0 aliphatic heterocycles. The van der Waals surface area contributed by atoms with Crippen LogP contribution in [0.1, 0.15) is 5.56 Å². The summed E-state index contributed by atoms with van der Waals surface area (Å²) in [5, 5.41) is 7.01. The number of pyridine rings is 2. The van der Waals surface area contributed by atoms with Crippen LogP contribution in [0, 0.1) is 6.92 Å². The molecule has 24 heavy (non-hydrogen) atoms. The van der Waals surface area contributed by atoms with Crippen molar-refractivity contribution in [2.75, 3.05) is 7.11 Å². The Labute approximate surface area is 143 Å². The zero-order valence-corrected chi connectivity index (χ0v) is 14.3. The van der Waals surface area contributed by atoms with Crippen LogP contribution < -0.4 is 4.74 Å². The van der Waals surface area contributed by atoms with E-state index in [-0.39, 0.29) is 0 Å². The van der Waals surface area contributed by atoms with Gasteiger partial charge in [-0.25, -0.2) is 4.98 Å². The van der Waals surface area contributed by atoms with E-state index in [1.165, 1.54) is 0 Å². The van der Waals surface area contributed by atoms with Gasteiger partial charge in [-0.3, -0.25) is 9.67 Å². The standard InChI is InChI=1S/C18H15ClN4O/c1-10-17-12(9-23(2)22-17)6-13(18(10)24-3)14-7-11-4-5-16(19)21-15(11)8-20-14/h4-9H,1-3H3. The fraction of sp³-hybridized carbons (Fsp3) is 0.167. The van der Waals surface area contributed by atoms with E-state index in [0.717, 1.165) is 44.4 Å². The molecule has 0 radical (unpaired) electrons. The van der Waals surface area contributed by atoms with Gasteiger partial charge in [-0.15, -0.1) is 0 Å². The molecule has 1 aromatic carbocycles. The van der Waals surface area contributed by atoms with Crippen LogP contribution in [0.25, 0.3) is 33.1 Å². The normalized spacial score (nSPS) is 11.3. The number of rotatable bonds is 2. The molecule has 0 bridgehead atoms. The van der Waals surface area contributed by atoms with Crippen molar-refractivity contribution in [3.63, 3.8) is 0 Å². The van der Waals surface area contributed by atoms with Crippen LogP contribution in [0.15, 0.2) is 36.7 Å². The van der Waals surface area contributed by atoms with E-state index in [4.69, 9.17) is 16.3 Å². The fourth-order valence-corrected chi connectivity index (χ4v) is 3.19. The molecule has 4 rings (SSSR count). The molecule has 5 nitrogen and oxygen atoms in total. The molecule has 0 spiro atoms. The number of ether oxygens (including phenoxy) is 1. The van der Waals surface area contributed by atoms with E-state index in [1.54, 1.807) is 24.1 Å². The van der Waals surface area contributed by atoms with Gasteiger partial charge in [-0.2, -0.15) is 5.10 Å². The molecule has 3 heterocycles. The van der Waals surface area contributed by atoms with Gasteiger partial charge >= 0.3 is 0 Å².